The van der Waals surface area contributed by atoms with E-state index < -0.39 is 0 Å². The minimum Gasteiger partial charge on any atom is -0.316 e. The molecule has 0 bridgehead atoms. The van der Waals surface area contributed by atoms with Crippen LogP contribution in [0.4, 0.5) is 0 Å². The summed E-state index contributed by atoms with van der Waals surface area (Å²) in [5.74, 6) is 1.54. The van der Waals surface area contributed by atoms with Gasteiger partial charge in [-0.3, -0.25) is 4.40 Å². The zero-order valence-electron chi connectivity index (χ0n) is 11.9. The molecule has 1 N–H and O–H groups in total. The smallest absolute Gasteiger partial charge is 0.214 e. The second-order valence-electron chi connectivity index (χ2n) is 5.39. The van der Waals surface area contributed by atoms with Gasteiger partial charge in [-0.25, -0.2) is 4.98 Å². The molecule has 2 heterocycles. The van der Waals surface area contributed by atoms with Crippen molar-refractivity contribution < 1.29 is 0 Å². The molecular formula is C15H20N4. The van der Waals surface area contributed by atoms with Crippen molar-refractivity contribution in [1.82, 2.24) is 19.3 Å². The molecule has 4 nitrogen and oxygen atoms in total. The van der Waals surface area contributed by atoms with Crippen LogP contribution in [0.25, 0.3) is 16.8 Å². The minimum atomic E-state index is 0.536. The number of rotatable bonds is 3. The Morgan fingerprint density at radius 1 is 1.32 bits per heavy atom. The monoisotopic (exact) mass is 256 g/mol. The van der Waals surface area contributed by atoms with E-state index >= 15 is 0 Å². The molecule has 0 saturated carbocycles. The van der Waals surface area contributed by atoms with Gasteiger partial charge in [-0.1, -0.05) is 19.9 Å². The molecule has 0 radical (unpaired) electrons. The van der Waals surface area contributed by atoms with Gasteiger partial charge in [0.15, 0.2) is 0 Å². The van der Waals surface area contributed by atoms with Gasteiger partial charge in [0.25, 0.3) is 0 Å². The zero-order chi connectivity index (χ0) is 13.6. The van der Waals surface area contributed by atoms with E-state index in [4.69, 9.17) is 4.98 Å². The Morgan fingerprint density at radius 2 is 2.11 bits per heavy atom. The molecule has 0 aliphatic carbocycles. The number of hydrogen-bond donors (Lipinski definition) is 1. The first kappa shape index (κ1) is 12.2. The van der Waals surface area contributed by atoms with E-state index in [9.17, 15) is 0 Å². The van der Waals surface area contributed by atoms with Crippen LogP contribution in [0.3, 0.4) is 0 Å². The van der Waals surface area contributed by atoms with Gasteiger partial charge in [0.2, 0.25) is 5.78 Å². The third-order valence-corrected chi connectivity index (χ3v) is 3.73. The molecule has 0 aliphatic rings. The first-order valence-corrected chi connectivity index (χ1v) is 6.72. The Kier molecular flexibility index (Phi) is 2.82. The highest BCUT2D eigenvalue weighted by atomic mass is 15.2. The molecule has 4 heteroatoms. The van der Waals surface area contributed by atoms with Gasteiger partial charge in [0.1, 0.15) is 0 Å². The first-order chi connectivity index (χ1) is 9.11. The summed E-state index contributed by atoms with van der Waals surface area (Å²) in [5.41, 5.74) is 4.83. The molecule has 1 aromatic carbocycles. The van der Waals surface area contributed by atoms with Crippen LogP contribution in [-0.4, -0.2) is 21.0 Å². The average Bonchev–Trinajstić information content (AvgIpc) is 2.88. The van der Waals surface area contributed by atoms with E-state index in [2.05, 4.69) is 59.6 Å². The number of imidazole rings is 2. The maximum Gasteiger partial charge on any atom is 0.214 e. The summed E-state index contributed by atoms with van der Waals surface area (Å²) in [6.07, 6.45) is 2.16. The van der Waals surface area contributed by atoms with Gasteiger partial charge in [0, 0.05) is 19.8 Å². The van der Waals surface area contributed by atoms with E-state index in [0.717, 1.165) is 17.8 Å². The van der Waals surface area contributed by atoms with Crippen LogP contribution in [0.5, 0.6) is 0 Å². The van der Waals surface area contributed by atoms with Crippen molar-refractivity contribution in [3.8, 4) is 0 Å². The minimum absolute atomic E-state index is 0.536. The summed E-state index contributed by atoms with van der Waals surface area (Å²) in [6.45, 7) is 5.27. The Morgan fingerprint density at radius 3 is 2.79 bits per heavy atom. The van der Waals surface area contributed by atoms with E-state index in [-0.39, 0.29) is 0 Å². The first-order valence-electron chi connectivity index (χ1n) is 6.72. The SMILES string of the molecule is CNCc1cn2c3ccc(C(C)C)cc3nc2n1C. The molecule has 0 unspecified atom stereocenters. The van der Waals surface area contributed by atoms with Crippen LogP contribution in [0.2, 0.25) is 0 Å². The third-order valence-electron chi connectivity index (χ3n) is 3.73. The second-order valence-corrected chi connectivity index (χ2v) is 5.39. The summed E-state index contributed by atoms with van der Waals surface area (Å²) in [6, 6.07) is 6.57. The fraction of sp³-hybridized carbons (Fsp3) is 0.400. The van der Waals surface area contributed by atoms with Crippen LogP contribution in [0.15, 0.2) is 24.4 Å². The number of aryl methyl sites for hydroxylation is 1. The number of nitrogens with one attached hydrogen (secondary N) is 1. The average molecular weight is 256 g/mol. The van der Waals surface area contributed by atoms with Crippen LogP contribution in [-0.2, 0) is 13.6 Å². The van der Waals surface area contributed by atoms with Gasteiger partial charge in [0.05, 0.1) is 16.7 Å². The van der Waals surface area contributed by atoms with Gasteiger partial charge in [-0.2, -0.15) is 0 Å². The molecule has 3 rings (SSSR count). The maximum atomic E-state index is 4.76. The summed E-state index contributed by atoms with van der Waals surface area (Å²) in [5, 5.41) is 3.19. The van der Waals surface area contributed by atoms with Crippen LogP contribution >= 0.6 is 0 Å². The van der Waals surface area contributed by atoms with E-state index in [1.807, 2.05) is 7.05 Å². The van der Waals surface area contributed by atoms with E-state index in [1.165, 1.54) is 16.8 Å². The Hall–Kier alpha value is -1.81. The van der Waals surface area contributed by atoms with Gasteiger partial charge >= 0.3 is 0 Å². The lowest BCUT2D eigenvalue weighted by molar-refractivity contribution is 0.742. The van der Waals surface area contributed by atoms with Crippen molar-refractivity contribution in [2.24, 2.45) is 7.05 Å². The molecule has 0 amide bonds. The number of fused-ring (bicyclic) bond motifs is 3. The quantitative estimate of drug-likeness (QED) is 0.781. The molecule has 2 aromatic heterocycles. The predicted molar refractivity (Wildman–Crippen MR) is 78.5 cm³/mol. The van der Waals surface area contributed by atoms with Crippen LogP contribution in [0, 0.1) is 0 Å². The van der Waals surface area contributed by atoms with Crippen molar-refractivity contribution in [3.63, 3.8) is 0 Å². The highest BCUT2D eigenvalue weighted by Crippen LogP contribution is 2.23. The molecular weight excluding hydrogens is 236 g/mol. The molecule has 19 heavy (non-hydrogen) atoms. The lowest BCUT2D eigenvalue weighted by atomic mass is 10.0. The highest BCUT2D eigenvalue weighted by molar-refractivity contribution is 5.80. The van der Waals surface area contributed by atoms with Crippen molar-refractivity contribution in [1.29, 1.82) is 0 Å². The second kappa shape index (κ2) is 4.38. The topological polar surface area (TPSA) is 34.3 Å². The fourth-order valence-corrected chi connectivity index (χ4v) is 2.54. The fourth-order valence-electron chi connectivity index (χ4n) is 2.54. The highest BCUT2D eigenvalue weighted by Gasteiger charge is 2.12. The molecule has 100 valence electrons. The molecule has 0 atom stereocenters. The predicted octanol–water partition coefficient (Wildman–Crippen LogP) is 2.67. The van der Waals surface area contributed by atoms with E-state index in [1.54, 1.807) is 0 Å². The number of benzene rings is 1. The van der Waals surface area contributed by atoms with Crippen molar-refractivity contribution in [3.05, 3.63) is 35.7 Å². The Balaban J connectivity index is 2.23. The van der Waals surface area contributed by atoms with Crippen LogP contribution < -0.4 is 5.32 Å². The Labute approximate surface area is 113 Å². The zero-order valence-corrected chi connectivity index (χ0v) is 11.9. The summed E-state index contributed by atoms with van der Waals surface area (Å²) >= 11 is 0. The normalized spacial score (nSPS) is 12.1. The third kappa shape index (κ3) is 1.83. The molecule has 0 saturated heterocycles. The molecule has 0 aliphatic heterocycles. The lowest BCUT2D eigenvalue weighted by Crippen LogP contribution is -2.08. The Bertz CT molecular complexity index is 733. The largest absolute Gasteiger partial charge is 0.316 e. The van der Waals surface area contributed by atoms with Gasteiger partial charge < -0.3 is 9.88 Å². The van der Waals surface area contributed by atoms with Crippen LogP contribution in [0.1, 0.15) is 31.0 Å². The molecule has 0 spiro atoms. The lowest BCUT2D eigenvalue weighted by Gasteiger charge is -2.04. The summed E-state index contributed by atoms with van der Waals surface area (Å²) in [4.78, 5) is 4.76. The van der Waals surface area contributed by atoms with Crippen molar-refractivity contribution >= 4 is 16.8 Å². The van der Waals surface area contributed by atoms with Gasteiger partial charge in [-0.15, -0.1) is 0 Å². The summed E-state index contributed by atoms with van der Waals surface area (Å²) in [7, 11) is 4.03. The maximum absolute atomic E-state index is 4.76. The van der Waals surface area contributed by atoms with E-state index in [0.29, 0.717) is 5.92 Å². The molecule has 3 aromatic rings. The number of aromatic nitrogens is 3. The summed E-state index contributed by atoms with van der Waals surface area (Å²) < 4.78 is 4.32. The van der Waals surface area contributed by atoms with Gasteiger partial charge in [-0.05, 0) is 30.7 Å². The van der Waals surface area contributed by atoms with Crippen molar-refractivity contribution in [2.75, 3.05) is 7.05 Å². The van der Waals surface area contributed by atoms with Crippen molar-refractivity contribution in [2.45, 2.75) is 26.3 Å². The standard InChI is InChI=1S/C15H20N4/c1-10(2)11-5-6-14-13(7-11)17-15-18(4)12(8-16-3)9-19(14)15/h5-7,9-10,16H,8H2,1-4H3. The number of nitrogens with zero attached hydrogens (tertiary/aromatic N) is 3. The number of hydrogen-bond acceptors (Lipinski definition) is 2. The molecule has 0 fully saturated rings.